The molecule has 0 heterocycles. The molecule has 0 aliphatic carbocycles. The average Bonchev–Trinajstić information content (AvgIpc) is 2.16. The quantitative estimate of drug-likeness (QED) is 0.343. The van der Waals surface area contributed by atoms with E-state index in [0.29, 0.717) is 0 Å². The largest absolute Gasteiger partial charge is 0.332 e. The molecule has 0 bridgehead atoms. The molecule has 0 atom stereocenters. The van der Waals surface area contributed by atoms with Crippen molar-refractivity contribution in [1.29, 1.82) is 0 Å². The highest BCUT2D eigenvalue weighted by Crippen LogP contribution is 2.07. The van der Waals surface area contributed by atoms with E-state index >= 15 is 0 Å². The fourth-order valence-electron chi connectivity index (χ4n) is 1.39. The molecular formula is C11H22ClNO. The first-order valence-corrected chi connectivity index (χ1v) is 5.97. The molecule has 0 aliphatic heterocycles. The van der Waals surface area contributed by atoms with Gasteiger partial charge in [-0.15, -0.1) is 0 Å². The Labute approximate surface area is 92.6 Å². The summed E-state index contributed by atoms with van der Waals surface area (Å²) in [6, 6.07) is 0. The van der Waals surface area contributed by atoms with E-state index in [9.17, 15) is 4.79 Å². The number of amides is 1. The van der Waals surface area contributed by atoms with Crippen LogP contribution in [0.5, 0.6) is 0 Å². The molecule has 2 nitrogen and oxygen atoms in total. The van der Waals surface area contributed by atoms with E-state index in [1.54, 1.807) is 11.9 Å². The van der Waals surface area contributed by atoms with Crippen LogP contribution < -0.4 is 0 Å². The Hall–Kier alpha value is -0.240. The van der Waals surface area contributed by atoms with E-state index in [0.717, 1.165) is 13.0 Å². The maximum atomic E-state index is 10.6. The number of hydrogen-bond acceptors (Lipinski definition) is 1. The lowest BCUT2D eigenvalue weighted by molar-refractivity contribution is 0.231. The molecular weight excluding hydrogens is 198 g/mol. The highest BCUT2D eigenvalue weighted by molar-refractivity contribution is 6.62. The first-order valence-electron chi connectivity index (χ1n) is 5.59. The Morgan fingerprint density at radius 2 is 1.57 bits per heavy atom. The number of nitrogens with zero attached hydrogens (tertiary/aromatic N) is 1. The minimum absolute atomic E-state index is 0.351. The van der Waals surface area contributed by atoms with Crippen molar-refractivity contribution in [3.63, 3.8) is 0 Å². The van der Waals surface area contributed by atoms with Crippen LogP contribution in [0.1, 0.15) is 51.9 Å². The summed E-state index contributed by atoms with van der Waals surface area (Å²) in [6.07, 6.45) is 8.88. The van der Waals surface area contributed by atoms with Crippen LogP contribution in [0.15, 0.2) is 0 Å². The molecule has 84 valence electrons. The summed E-state index contributed by atoms with van der Waals surface area (Å²) >= 11 is 5.30. The zero-order valence-electron chi connectivity index (χ0n) is 9.39. The molecule has 0 aliphatic rings. The van der Waals surface area contributed by atoms with Crippen LogP contribution in [0, 0.1) is 0 Å². The summed E-state index contributed by atoms with van der Waals surface area (Å²) in [4.78, 5) is 12.2. The third-order valence-electron chi connectivity index (χ3n) is 2.40. The SMILES string of the molecule is CCCCCCCCCN(C)C(=O)Cl. The summed E-state index contributed by atoms with van der Waals surface area (Å²) in [7, 11) is 1.74. The molecule has 0 radical (unpaired) electrons. The van der Waals surface area contributed by atoms with Gasteiger partial charge in [-0.25, -0.2) is 0 Å². The van der Waals surface area contributed by atoms with Crippen LogP contribution in [-0.2, 0) is 0 Å². The van der Waals surface area contributed by atoms with Crippen molar-refractivity contribution in [2.75, 3.05) is 13.6 Å². The van der Waals surface area contributed by atoms with Gasteiger partial charge in [0.05, 0.1) is 0 Å². The zero-order valence-corrected chi connectivity index (χ0v) is 10.1. The first-order chi connectivity index (χ1) is 6.68. The highest BCUT2D eigenvalue weighted by atomic mass is 35.5. The molecule has 0 unspecified atom stereocenters. The number of unbranched alkanes of at least 4 members (excludes halogenated alkanes) is 6. The van der Waals surface area contributed by atoms with E-state index in [1.807, 2.05) is 0 Å². The Balaban J connectivity index is 3.09. The van der Waals surface area contributed by atoms with Gasteiger partial charge in [-0.1, -0.05) is 45.4 Å². The molecule has 0 spiro atoms. The van der Waals surface area contributed by atoms with Gasteiger partial charge in [-0.2, -0.15) is 0 Å². The predicted molar refractivity (Wildman–Crippen MR) is 61.9 cm³/mol. The Kier molecular flexibility index (Phi) is 9.16. The van der Waals surface area contributed by atoms with E-state index in [-0.39, 0.29) is 5.37 Å². The summed E-state index contributed by atoms with van der Waals surface area (Å²) in [5.41, 5.74) is 0. The van der Waals surface area contributed by atoms with E-state index < -0.39 is 0 Å². The lowest BCUT2D eigenvalue weighted by atomic mass is 10.1. The van der Waals surface area contributed by atoms with Gasteiger partial charge >= 0.3 is 5.37 Å². The third kappa shape index (κ3) is 8.36. The van der Waals surface area contributed by atoms with Crippen molar-refractivity contribution >= 4 is 17.0 Å². The van der Waals surface area contributed by atoms with Crippen molar-refractivity contribution in [2.24, 2.45) is 0 Å². The molecule has 0 saturated carbocycles. The first kappa shape index (κ1) is 13.8. The van der Waals surface area contributed by atoms with Gasteiger partial charge < -0.3 is 4.90 Å². The Morgan fingerprint density at radius 1 is 1.07 bits per heavy atom. The number of carbonyl (C=O) groups excluding carboxylic acids is 1. The second kappa shape index (κ2) is 9.32. The smallest absolute Gasteiger partial charge is 0.316 e. The van der Waals surface area contributed by atoms with Crippen molar-refractivity contribution < 1.29 is 4.79 Å². The molecule has 0 aromatic carbocycles. The number of carbonyl (C=O) groups is 1. The molecule has 0 aromatic heterocycles. The minimum atomic E-state index is -0.351. The van der Waals surface area contributed by atoms with Gasteiger partial charge in [0.2, 0.25) is 0 Å². The fourth-order valence-corrected chi connectivity index (χ4v) is 1.48. The minimum Gasteiger partial charge on any atom is -0.332 e. The summed E-state index contributed by atoms with van der Waals surface area (Å²) < 4.78 is 0. The second-order valence-electron chi connectivity index (χ2n) is 3.80. The number of halogens is 1. The molecule has 0 aromatic rings. The summed E-state index contributed by atoms with van der Waals surface area (Å²) in [5, 5.41) is -0.351. The highest BCUT2D eigenvalue weighted by Gasteiger charge is 2.02. The lowest BCUT2D eigenvalue weighted by Gasteiger charge is -2.12. The molecule has 0 fully saturated rings. The molecule has 0 rings (SSSR count). The maximum Gasteiger partial charge on any atom is 0.316 e. The summed E-state index contributed by atoms with van der Waals surface area (Å²) in [5.74, 6) is 0. The van der Waals surface area contributed by atoms with Crippen LogP contribution in [0.3, 0.4) is 0 Å². The van der Waals surface area contributed by atoms with Crippen LogP contribution >= 0.6 is 11.6 Å². The normalized spacial score (nSPS) is 10.2. The average molecular weight is 220 g/mol. The topological polar surface area (TPSA) is 20.3 Å². The van der Waals surface area contributed by atoms with Gasteiger partial charge in [-0.3, -0.25) is 4.79 Å². The predicted octanol–water partition coefficient (Wildman–Crippen LogP) is 4.03. The van der Waals surface area contributed by atoms with E-state index in [4.69, 9.17) is 11.6 Å². The standard InChI is InChI=1S/C11H22ClNO/c1-3-4-5-6-7-8-9-10-13(2)11(12)14/h3-10H2,1-2H3. The summed E-state index contributed by atoms with van der Waals surface area (Å²) in [6.45, 7) is 3.01. The van der Waals surface area contributed by atoms with Crippen molar-refractivity contribution in [3.05, 3.63) is 0 Å². The number of hydrogen-bond donors (Lipinski definition) is 0. The second-order valence-corrected chi connectivity index (χ2v) is 4.12. The molecule has 14 heavy (non-hydrogen) atoms. The molecule has 1 amide bonds. The fraction of sp³-hybridized carbons (Fsp3) is 0.909. The maximum absolute atomic E-state index is 10.6. The molecule has 3 heteroatoms. The third-order valence-corrected chi connectivity index (χ3v) is 2.69. The van der Waals surface area contributed by atoms with Crippen LogP contribution in [0.25, 0.3) is 0 Å². The number of rotatable bonds is 8. The zero-order chi connectivity index (χ0) is 10.8. The van der Waals surface area contributed by atoms with Crippen molar-refractivity contribution in [3.8, 4) is 0 Å². The van der Waals surface area contributed by atoms with Gasteiger partial charge in [0.1, 0.15) is 0 Å². The van der Waals surface area contributed by atoms with Gasteiger partial charge in [-0.05, 0) is 18.0 Å². The van der Waals surface area contributed by atoms with Crippen LogP contribution in [-0.4, -0.2) is 23.9 Å². The molecule has 0 N–H and O–H groups in total. The lowest BCUT2D eigenvalue weighted by Crippen LogP contribution is -2.21. The van der Waals surface area contributed by atoms with Gasteiger partial charge in [0.25, 0.3) is 0 Å². The molecule has 0 saturated heterocycles. The van der Waals surface area contributed by atoms with E-state index in [2.05, 4.69) is 6.92 Å². The van der Waals surface area contributed by atoms with Crippen molar-refractivity contribution in [1.82, 2.24) is 4.90 Å². The van der Waals surface area contributed by atoms with E-state index in [1.165, 1.54) is 38.5 Å². The van der Waals surface area contributed by atoms with Crippen LogP contribution in [0.4, 0.5) is 4.79 Å². The van der Waals surface area contributed by atoms with Crippen molar-refractivity contribution in [2.45, 2.75) is 51.9 Å². The Morgan fingerprint density at radius 3 is 2.07 bits per heavy atom. The Bertz CT molecular complexity index is 150. The van der Waals surface area contributed by atoms with Crippen LogP contribution in [0.2, 0.25) is 0 Å². The van der Waals surface area contributed by atoms with Gasteiger partial charge in [0, 0.05) is 13.6 Å². The monoisotopic (exact) mass is 219 g/mol. The van der Waals surface area contributed by atoms with Gasteiger partial charge in [0.15, 0.2) is 0 Å².